The van der Waals surface area contributed by atoms with Gasteiger partial charge in [-0.1, -0.05) is 30.9 Å². The van der Waals surface area contributed by atoms with Gasteiger partial charge in [0.1, 0.15) is 40.4 Å². The minimum Gasteiger partial charge on any atom is -0.429 e. The summed E-state index contributed by atoms with van der Waals surface area (Å²) in [4.78, 5) is 0. The predicted molar refractivity (Wildman–Crippen MR) is 161 cm³/mol. The number of benzene rings is 3. The molecular formula is C34H30F8N2O. The van der Waals surface area contributed by atoms with Crippen molar-refractivity contribution in [3.63, 3.8) is 0 Å². The molecule has 0 aliphatic heterocycles. The van der Waals surface area contributed by atoms with Crippen LogP contribution in [0.1, 0.15) is 36.5 Å². The highest BCUT2D eigenvalue weighted by atomic mass is 19.3. The summed E-state index contributed by atoms with van der Waals surface area (Å²) in [7, 11) is 0. The standard InChI is InChI=1S/C27H18F8O.C7H12N2/c1-4-16(10-21(29)15(3)28)19-8-6-18(13-23(19)31)36-27(34,35)26-24(32)11-17(12-25(26)33)20-7-5-14(2)9-22(20)30;1-2-3-4-7(5-8)6-9/h4-13H,1H2,2-3H3;2,5-6,8H,1,3-4,9H2/b16-10+,21-15-;7-6-,8-5?. The monoisotopic (exact) mass is 634 g/mol. The molecule has 11 heteroatoms. The van der Waals surface area contributed by atoms with E-state index in [9.17, 15) is 35.1 Å². The SMILES string of the molecule is C=C/C(=C\C(F)=C(/C)F)c1ccc(OC(F)(F)c2c(F)cc(-c3ccc(C)cc3F)cc2F)cc1F.C=CCC/C(C=N)=C/N. The van der Waals surface area contributed by atoms with Gasteiger partial charge >= 0.3 is 6.11 Å². The molecule has 0 amide bonds. The van der Waals surface area contributed by atoms with Crippen molar-refractivity contribution in [1.82, 2.24) is 0 Å². The fraction of sp³-hybridized carbons (Fsp3) is 0.147. The minimum absolute atomic E-state index is 0.198. The number of halogens is 8. The Morgan fingerprint density at radius 1 is 0.933 bits per heavy atom. The summed E-state index contributed by atoms with van der Waals surface area (Å²) in [5, 5.41) is 6.83. The molecule has 0 spiro atoms. The van der Waals surface area contributed by atoms with E-state index in [2.05, 4.69) is 17.9 Å². The number of aryl methyl sites for hydroxylation is 1. The lowest BCUT2D eigenvalue weighted by molar-refractivity contribution is -0.189. The number of nitrogens with one attached hydrogen (secondary N) is 1. The molecule has 0 aliphatic rings. The van der Waals surface area contributed by atoms with Crippen molar-refractivity contribution < 1.29 is 39.9 Å². The predicted octanol–water partition coefficient (Wildman–Crippen LogP) is 10.5. The van der Waals surface area contributed by atoms with E-state index in [-0.39, 0.29) is 22.3 Å². The van der Waals surface area contributed by atoms with Crippen LogP contribution in [-0.2, 0) is 6.11 Å². The van der Waals surface area contributed by atoms with E-state index in [4.69, 9.17) is 11.1 Å². The highest BCUT2D eigenvalue weighted by Crippen LogP contribution is 2.38. The van der Waals surface area contributed by atoms with E-state index in [1.165, 1.54) is 24.5 Å². The van der Waals surface area contributed by atoms with Crippen molar-refractivity contribution in [3.05, 3.63) is 143 Å². The fourth-order valence-corrected chi connectivity index (χ4v) is 3.81. The third-order valence-corrected chi connectivity index (χ3v) is 6.13. The highest BCUT2D eigenvalue weighted by molar-refractivity contribution is 5.76. The van der Waals surface area contributed by atoms with Gasteiger partial charge in [0.15, 0.2) is 5.83 Å². The van der Waals surface area contributed by atoms with E-state index >= 15 is 0 Å². The van der Waals surface area contributed by atoms with E-state index in [1.54, 1.807) is 6.92 Å². The number of hydrogen-bond acceptors (Lipinski definition) is 3. The number of alkyl halides is 2. The summed E-state index contributed by atoms with van der Waals surface area (Å²) in [6.45, 7) is 9.36. The summed E-state index contributed by atoms with van der Waals surface area (Å²) >= 11 is 0. The van der Waals surface area contributed by atoms with Gasteiger partial charge < -0.3 is 15.9 Å². The van der Waals surface area contributed by atoms with Crippen LogP contribution < -0.4 is 10.5 Å². The maximum absolute atomic E-state index is 14.7. The Morgan fingerprint density at radius 2 is 1.58 bits per heavy atom. The first kappa shape index (κ1) is 36.3. The Hall–Kier alpha value is -4.93. The zero-order valence-electron chi connectivity index (χ0n) is 24.3. The Morgan fingerprint density at radius 3 is 2.07 bits per heavy atom. The lowest BCUT2D eigenvalue weighted by Gasteiger charge is -2.20. The van der Waals surface area contributed by atoms with E-state index < -0.39 is 52.3 Å². The summed E-state index contributed by atoms with van der Waals surface area (Å²) in [6.07, 6.45) is 3.32. The maximum Gasteiger partial charge on any atom is 0.432 e. The number of hydrogen-bond donors (Lipinski definition) is 2. The van der Waals surface area contributed by atoms with Gasteiger partial charge in [-0.3, -0.25) is 0 Å². The fourth-order valence-electron chi connectivity index (χ4n) is 3.81. The zero-order chi connectivity index (χ0) is 33.9. The van der Waals surface area contributed by atoms with Crippen molar-refractivity contribution in [2.24, 2.45) is 5.73 Å². The molecule has 0 saturated carbocycles. The molecule has 0 unspecified atom stereocenters. The molecule has 3 nitrogen and oxygen atoms in total. The van der Waals surface area contributed by atoms with Gasteiger partial charge in [-0.2, -0.15) is 8.78 Å². The number of allylic oxidation sites excluding steroid dienone is 7. The molecule has 0 saturated heterocycles. The highest BCUT2D eigenvalue weighted by Gasteiger charge is 2.41. The van der Waals surface area contributed by atoms with Crippen LogP contribution in [0.3, 0.4) is 0 Å². The van der Waals surface area contributed by atoms with Gasteiger partial charge in [0.2, 0.25) is 0 Å². The molecule has 3 N–H and O–H groups in total. The van der Waals surface area contributed by atoms with E-state index in [0.29, 0.717) is 29.8 Å². The van der Waals surface area contributed by atoms with Crippen molar-refractivity contribution >= 4 is 11.8 Å². The molecule has 0 heterocycles. The van der Waals surface area contributed by atoms with Crippen LogP contribution in [0.25, 0.3) is 16.7 Å². The molecule has 3 aromatic carbocycles. The Kier molecular flexibility index (Phi) is 13.1. The van der Waals surface area contributed by atoms with Crippen LogP contribution in [0, 0.1) is 35.6 Å². The lowest BCUT2D eigenvalue weighted by atomic mass is 10.0. The first-order chi connectivity index (χ1) is 21.2. The minimum atomic E-state index is -4.59. The van der Waals surface area contributed by atoms with Gasteiger partial charge in [-0.05, 0) is 91.6 Å². The van der Waals surface area contributed by atoms with Crippen LogP contribution in [0.2, 0.25) is 0 Å². The van der Waals surface area contributed by atoms with E-state index in [1.807, 2.05) is 6.08 Å². The second-order valence-corrected chi connectivity index (χ2v) is 9.46. The van der Waals surface area contributed by atoms with Gasteiger partial charge in [-0.25, -0.2) is 26.3 Å². The van der Waals surface area contributed by atoms with Crippen LogP contribution >= 0.6 is 0 Å². The molecular weight excluding hydrogens is 604 g/mol. The Bertz CT molecular complexity index is 1630. The first-order valence-electron chi connectivity index (χ1n) is 13.2. The van der Waals surface area contributed by atoms with Gasteiger partial charge in [0.25, 0.3) is 0 Å². The number of nitrogens with two attached hydrogens (primary N) is 1. The summed E-state index contributed by atoms with van der Waals surface area (Å²) in [5.41, 5.74) is 3.78. The molecule has 0 atom stereocenters. The average molecular weight is 635 g/mol. The molecule has 45 heavy (non-hydrogen) atoms. The topological polar surface area (TPSA) is 59.1 Å². The van der Waals surface area contributed by atoms with Crippen molar-refractivity contribution in [3.8, 4) is 16.9 Å². The molecule has 0 radical (unpaired) electrons. The first-order valence-corrected chi connectivity index (χ1v) is 13.2. The lowest BCUT2D eigenvalue weighted by Crippen LogP contribution is -2.25. The normalized spacial score (nSPS) is 12.5. The largest absolute Gasteiger partial charge is 0.432 e. The maximum atomic E-state index is 14.7. The van der Waals surface area contributed by atoms with Crippen LogP contribution in [-0.4, -0.2) is 6.21 Å². The Labute approximate surface area is 255 Å². The van der Waals surface area contributed by atoms with Gasteiger partial charge in [0, 0.05) is 23.4 Å². The van der Waals surface area contributed by atoms with Crippen LogP contribution in [0.15, 0.2) is 103 Å². The molecule has 3 rings (SSSR count). The summed E-state index contributed by atoms with van der Waals surface area (Å²) in [5.74, 6) is -8.68. The molecule has 0 bridgehead atoms. The third-order valence-electron chi connectivity index (χ3n) is 6.13. The Balaban J connectivity index is 0.000000681. The van der Waals surface area contributed by atoms with Crippen molar-refractivity contribution in [2.45, 2.75) is 32.8 Å². The van der Waals surface area contributed by atoms with E-state index in [0.717, 1.165) is 49.6 Å². The molecule has 0 aliphatic carbocycles. The summed E-state index contributed by atoms with van der Waals surface area (Å²) in [6, 6.07) is 7.16. The quantitative estimate of drug-likeness (QED) is 0.0954. The number of ether oxygens (including phenoxy) is 1. The number of rotatable bonds is 11. The van der Waals surface area contributed by atoms with Crippen molar-refractivity contribution in [1.29, 1.82) is 5.41 Å². The molecule has 0 aromatic heterocycles. The second-order valence-electron chi connectivity index (χ2n) is 9.46. The summed E-state index contributed by atoms with van der Waals surface area (Å²) < 4.78 is 118. The molecule has 238 valence electrons. The second kappa shape index (κ2) is 16.2. The van der Waals surface area contributed by atoms with Crippen LogP contribution in [0.5, 0.6) is 5.75 Å². The molecule has 0 fully saturated rings. The smallest absolute Gasteiger partial charge is 0.429 e. The average Bonchev–Trinajstić information content (AvgIpc) is 2.96. The van der Waals surface area contributed by atoms with Gasteiger partial charge in [-0.15, -0.1) is 6.58 Å². The zero-order valence-corrected chi connectivity index (χ0v) is 24.3. The third kappa shape index (κ3) is 9.79. The van der Waals surface area contributed by atoms with Crippen LogP contribution in [0.4, 0.5) is 35.1 Å². The van der Waals surface area contributed by atoms with Crippen molar-refractivity contribution in [2.75, 3.05) is 0 Å². The van der Waals surface area contributed by atoms with Gasteiger partial charge in [0.05, 0.1) is 0 Å². The molecule has 3 aromatic rings.